The van der Waals surface area contributed by atoms with Crippen molar-refractivity contribution >= 4 is 16.9 Å². The summed E-state index contributed by atoms with van der Waals surface area (Å²) >= 11 is 0. The number of H-pyrrole nitrogens is 1. The number of nitrogens with one attached hydrogen (secondary N) is 1. The maximum absolute atomic E-state index is 12.5. The van der Waals surface area contributed by atoms with Crippen molar-refractivity contribution in [3.8, 4) is 0 Å². The largest absolute Gasteiger partial charge is 0.461 e. The van der Waals surface area contributed by atoms with Crippen LogP contribution in [0.25, 0.3) is 10.9 Å². The fraction of sp³-hybridized carbons (Fsp3) is 0.476. The van der Waals surface area contributed by atoms with E-state index in [4.69, 9.17) is 4.74 Å². The number of rotatable bonds is 4. The fourth-order valence-corrected chi connectivity index (χ4v) is 3.84. The molecule has 2 aromatic rings. The van der Waals surface area contributed by atoms with Gasteiger partial charge in [-0.15, -0.1) is 0 Å². The van der Waals surface area contributed by atoms with Crippen molar-refractivity contribution in [3.05, 3.63) is 47.2 Å². The van der Waals surface area contributed by atoms with Gasteiger partial charge in [-0.1, -0.05) is 43.7 Å². The quantitative estimate of drug-likeness (QED) is 0.600. The van der Waals surface area contributed by atoms with Crippen LogP contribution in [0.3, 0.4) is 0 Å². The molecule has 0 amide bonds. The third-order valence-electron chi connectivity index (χ3n) is 5.35. The molecule has 2 atom stereocenters. The van der Waals surface area contributed by atoms with E-state index in [-0.39, 0.29) is 11.9 Å². The summed E-state index contributed by atoms with van der Waals surface area (Å²) in [5, 5.41) is 1.14. The van der Waals surface area contributed by atoms with Crippen LogP contribution < -0.4 is 0 Å². The maximum Gasteiger partial charge on any atom is 0.355 e. The smallest absolute Gasteiger partial charge is 0.355 e. The Labute approximate surface area is 144 Å². The molecule has 24 heavy (non-hydrogen) atoms. The molecule has 1 aliphatic rings. The van der Waals surface area contributed by atoms with Crippen molar-refractivity contribution in [1.29, 1.82) is 0 Å². The van der Waals surface area contributed by atoms with E-state index in [1.54, 1.807) is 0 Å². The van der Waals surface area contributed by atoms with E-state index in [1.807, 2.05) is 25.1 Å². The Hall–Kier alpha value is -2.03. The number of hydrogen-bond acceptors (Lipinski definition) is 2. The van der Waals surface area contributed by atoms with E-state index in [0.29, 0.717) is 24.1 Å². The normalized spacial score (nSPS) is 21.1. The van der Waals surface area contributed by atoms with E-state index in [0.717, 1.165) is 29.3 Å². The second kappa shape index (κ2) is 6.84. The summed E-state index contributed by atoms with van der Waals surface area (Å²) in [4.78, 5) is 15.8. The van der Waals surface area contributed by atoms with Crippen LogP contribution >= 0.6 is 0 Å². The third kappa shape index (κ3) is 3.00. The highest BCUT2D eigenvalue weighted by Gasteiger charge is 2.31. The summed E-state index contributed by atoms with van der Waals surface area (Å²) in [6, 6.07) is 8.17. The first-order chi connectivity index (χ1) is 11.5. The minimum Gasteiger partial charge on any atom is -0.461 e. The van der Waals surface area contributed by atoms with Crippen molar-refractivity contribution < 1.29 is 9.53 Å². The summed E-state index contributed by atoms with van der Waals surface area (Å²) < 4.78 is 5.31. The number of carbonyl (C=O) groups is 1. The first-order valence-electron chi connectivity index (χ1n) is 8.97. The van der Waals surface area contributed by atoms with Gasteiger partial charge in [0, 0.05) is 16.8 Å². The van der Waals surface area contributed by atoms with Gasteiger partial charge in [0.2, 0.25) is 0 Å². The number of carbonyl (C=O) groups excluding carboxylic acids is 1. The van der Waals surface area contributed by atoms with Crippen molar-refractivity contribution in [3.63, 3.8) is 0 Å². The Morgan fingerprint density at radius 1 is 1.33 bits per heavy atom. The van der Waals surface area contributed by atoms with Crippen molar-refractivity contribution in [1.82, 2.24) is 4.98 Å². The predicted molar refractivity (Wildman–Crippen MR) is 98.3 cm³/mol. The summed E-state index contributed by atoms with van der Waals surface area (Å²) in [6.45, 7) is 9.01. The number of ether oxygens (including phenoxy) is 1. The Bertz CT molecular complexity index is 769. The van der Waals surface area contributed by atoms with Gasteiger partial charge in [-0.3, -0.25) is 0 Å². The van der Waals surface area contributed by atoms with Gasteiger partial charge >= 0.3 is 5.97 Å². The van der Waals surface area contributed by atoms with Crippen LogP contribution in [0.2, 0.25) is 0 Å². The molecule has 0 saturated heterocycles. The number of allylic oxidation sites excluding steroid dienone is 2. The second-order valence-electron chi connectivity index (χ2n) is 7.16. The highest BCUT2D eigenvalue weighted by molar-refractivity contribution is 5.99. The molecule has 3 nitrogen and oxygen atoms in total. The average Bonchev–Trinajstić information content (AvgIpc) is 2.95. The summed E-state index contributed by atoms with van der Waals surface area (Å²) in [7, 11) is 0. The standard InChI is InChI=1S/C21H27NO2/c1-5-24-21(23)20-19(16-8-6-7-9-18(16)22-20)17-12-15(13(2)3)11-10-14(17)4/h6-10,13,15,17,22H,5,11-12H2,1-4H3/t15-,17+/m1/s1. The molecule has 0 spiro atoms. The van der Waals surface area contributed by atoms with Gasteiger partial charge < -0.3 is 9.72 Å². The van der Waals surface area contributed by atoms with Crippen LogP contribution in [0, 0.1) is 11.8 Å². The van der Waals surface area contributed by atoms with Crippen LogP contribution in [0.1, 0.15) is 62.5 Å². The topological polar surface area (TPSA) is 42.1 Å². The molecule has 0 radical (unpaired) electrons. The molecule has 0 saturated carbocycles. The molecule has 1 aromatic carbocycles. The number of para-hydroxylation sites is 1. The van der Waals surface area contributed by atoms with Crippen LogP contribution in [-0.4, -0.2) is 17.6 Å². The zero-order chi connectivity index (χ0) is 17.3. The van der Waals surface area contributed by atoms with E-state index in [9.17, 15) is 4.79 Å². The number of aromatic amines is 1. The molecule has 1 N–H and O–H groups in total. The van der Waals surface area contributed by atoms with Crippen molar-refractivity contribution in [2.75, 3.05) is 6.61 Å². The predicted octanol–water partition coefficient (Wildman–Crippen LogP) is 5.44. The molecular formula is C21H27NO2. The maximum atomic E-state index is 12.5. The van der Waals surface area contributed by atoms with E-state index in [2.05, 4.69) is 37.9 Å². The van der Waals surface area contributed by atoms with Gasteiger partial charge in [-0.05, 0) is 50.2 Å². The first kappa shape index (κ1) is 16.8. The Morgan fingerprint density at radius 3 is 2.79 bits per heavy atom. The molecule has 0 unspecified atom stereocenters. The van der Waals surface area contributed by atoms with Gasteiger partial charge in [0.15, 0.2) is 0 Å². The lowest BCUT2D eigenvalue weighted by molar-refractivity contribution is 0.0518. The van der Waals surface area contributed by atoms with Crippen LogP contribution in [0.5, 0.6) is 0 Å². The first-order valence-corrected chi connectivity index (χ1v) is 8.97. The minimum atomic E-state index is -0.247. The molecule has 1 heterocycles. The van der Waals surface area contributed by atoms with Gasteiger partial charge in [0.1, 0.15) is 5.69 Å². The Balaban J connectivity index is 2.13. The number of fused-ring (bicyclic) bond motifs is 1. The fourth-order valence-electron chi connectivity index (χ4n) is 3.84. The van der Waals surface area contributed by atoms with Crippen molar-refractivity contribution in [2.24, 2.45) is 11.8 Å². The second-order valence-corrected chi connectivity index (χ2v) is 7.16. The highest BCUT2D eigenvalue weighted by atomic mass is 16.5. The van der Waals surface area contributed by atoms with Gasteiger partial charge in [-0.2, -0.15) is 0 Å². The Kier molecular flexibility index (Phi) is 4.79. The molecule has 128 valence electrons. The molecule has 1 aliphatic carbocycles. The molecule has 3 rings (SSSR count). The SMILES string of the molecule is CCOC(=O)c1[nH]c2ccccc2c1[C@H]1C[C@H](C(C)C)CC=C1C. The molecule has 0 aliphatic heterocycles. The minimum absolute atomic E-state index is 0.247. The third-order valence-corrected chi connectivity index (χ3v) is 5.35. The lowest BCUT2D eigenvalue weighted by Gasteiger charge is -2.31. The molecule has 3 heteroatoms. The molecular weight excluding hydrogens is 298 g/mol. The molecule has 0 fully saturated rings. The number of esters is 1. The van der Waals surface area contributed by atoms with Crippen molar-refractivity contribution in [2.45, 2.75) is 46.5 Å². The lowest BCUT2D eigenvalue weighted by atomic mass is 9.73. The lowest BCUT2D eigenvalue weighted by Crippen LogP contribution is -2.20. The van der Waals surface area contributed by atoms with E-state index in [1.165, 1.54) is 5.57 Å². The summed E-state index contributed by atoms with van der Waals surface area (Å²) in [6.07, 6.45) is 4.58. The van der Waals surface area contributed by atoms with E-state index >= 15 is 0 Å². The number of aromatic nitrogens is 1. The number of hydrogen-bond donors (Lipinski definition) is 1. The van der Waals surface area contributed by atoms with Gasteiger partial charge in [0.25, 0.3) is 0 Å². The average molecular weight is 325 g/mol. The molecule has 0 bridgehead atoms. The summed E-state index contributed by atoms with van der Waals surface area (Å²) in [5.41, 5.74) is 4.11. The van der Waals surface area contributed by atoms with Crippen LogP contribution in [0.15, 0.2) is 35.9 Å². The zero-order valence-electron chi connectivity index (χ0n) is 15.1. The van der Waals surface area contributed by atoms with Crippen LogP contribution in [-0.2, 0) is 4.74 Å². The zero-order valence-corrected chi connectivity index (χ0v) is 15.1. The highest BCUT2D eigenvalue weighted by Crippen LogP contribution is 2.43. The summed E-state index contributed by atoms with van der Waals surface area (Å²) in [5.74, 6) is 1.33. The number of benzene rings is 1. The Morgan fingerprint density at radius 2 is 2.08 bits per heavy atom. The molecule has 1 aromatic heterocycles. The van der Waals surface area contributed by atoms with E-state index < -0.39 is 0 Å². The van der Waals surface area contributed by atoms with Gasteiger partial charge in [0.05, 0.1) is 6.61 Å². The van der Waals surface area contributed by atoms with Crippen LogP contribution in [0.4, 0.5) is 0 Å². The van der Waals surface area contributed by atoms with Gasteiger partial charge in [-0.25, -0.2) is 4.79 Å². The monoisotopic (exact) mass is 325 g/mol.